The Bertz CT molecular complexity index is 4920. The minimum atomic E-state index is -2.63. The maximum atomic E-state index is 10.4. The fraction of sp³-hybridized carbons (Fsp3) is 0.175. The van der Waals surface area contributed by atoms with Gasteiger partial charge in [-0.2, -0.15) is 12.1 Å². The Balaban J connectivity index is 0.00000803. The monoisotopic (exact) mass is 1300 g/mol. The number of para-hydroxylation sites is 4. The molecule has 10 aromatic carbocycles. The van der Waals surface area contributed by atoms with Gasteiger partial charge in [0.1, 0.15) is 5.82 Å². The SMILES string of the molecule is [2H]c1c([2H])c2c(c([2H])c1-c1cccc(-c3cc(-c4ccccc4)cc(-c4ccccc4)c3C([2H])([2H])[2H])c1N1[CH-]N(c3[c-]c(Oc4[c-]c5c(cc4)c4ccccc4n5-c4cc(C([2H])([2H])C(C)(C)C)c(-c5ccccc5)cn4)ccc3)c3ccccc31)C(C)(C)CCC2(C)C.[Pt]. The standard InChI is InChI=1S/C80H69N4O.Pt/c1-53-67(55-26-14-10-15-27-55)44-58(54-24-12-9-13-25-54)45-68(53)66-34-23-33-63(57-38-41-70-71(46-57)80(7,8)43-42-79(70,5)6)77(66)83-52-82(73-36-20-21-37-74(73)83)60-30-22-31-61(48-60)85-62-39-40-65-64-32-18-19-35-72(64)84(75(65)49-62)76-47-59(50-78(2,3)4)69(51-81-76)56-28-16-11-17-29-56;/h9-41,44-47,51-52H,42-43,50H2,1-8H3;/q-3;/i1D3,38D,41D,46D,50D2;. The Morgan fingerprint density at radius 2 is 1.19 bits per heavy atom. The van der Waals surface area contributed by atoms with Crippen molar-refractivity contribution in [2.24, 2.45) is 5.41 Å². The molecule has 2 aliphatic rings. The summed E-state index contributed by atoms with van der Waals surface area (Å²) in [5.74, 6) is 1.35. The van der Waals surface area contributed by atoms with Crippen LogP contribution in [0.4, 0.5) is 22.7 Å². The second kappa shape index (κ2) is 22.3. The molecule has 14 rings (SSSR count). The van der Waals surface area contributed by atoms with Crippen molar-refractivity contribution >= 4 is 44.6 Å². The van der Waals surface area contributed by atoms with Crippen molar-refractivity contribution in [3.63, 3.8) is 0 Å². The molecule has 1 aliphatic carbocycles. The smallest absolute Gasteiger partial charge is 0.135 e. The third-order valence-corrected chi connectivity index (χ3v) is 16.8. The number of aromatic nitrogens is 2. The molecule has 0 saturated heterocycles. The van der Waals surface area contributed by atoms with Gasteiger partial charge < -0.3 is 19.1 Å². The van der Waals surface area contributed by atoms with E-state index >= 15 is 0 Å². The first-order valence-electron chi connectivity index (χ1n) is 33.2. The van der Waals surface area contributed by atoms with Gasteiger partial charge in [0, 0.05) is 84.9 Å². The Morgan fingerprint density at radius 3 is 1.91 bits per heavy atom. The van der Waals surface area contributed by atoms with Crippen LogP contribution >= 0.6 is 0 Å². The summed E-state index contributed by atoms with van der Waals surface area (Å²) in [4.78, 5) is 9.13. The average molecular weight is 1310 g/mol. The van der Waals surface area contributed by atoms with Gasteiger partial charge in [-0.15, -0.1) is 48.1 Å². The molecule has 0 saturated carbocycles. The molecule has 0 N–H and O–H groups in total. The molecule has 6 heteroatoms. The molecule has 0 fully saturated rings. The zero-order valence-electron chi connectivity index (χ0n) is 57.2. The minimum absolute atomic E-state index is 0. The summed E-state index contributed by atoms with van der Waals surface area (Å²) in [5.41, 5.74) is 11.1. The molecule has 86 heavy (non-hydrogen) atoms. The van der Waals surface area contributed by atoms with Gasteiger partial charge in [0.05, 0.1) is 4.11 Å². The number of hydrogen-bond donors (Lipinski definition) is 0. The summed E-state index contributed by atoms with van der Waals surface area (Å²) in [6.07, 6.45) is 1.62. The van der Waals surface area contributed by atoms with E-state index in [-0.39, 0.29) is 44.8 Å². The molecule has 3 heterocycles. The number of rotatable bonds is 11. The first kappa shape index (κ1) is 47.5. The first-order chi connectivity index (χ1) is 44.4. The van der Waals surface area contributed by atoms with Gasteiger partial charge in [-0.05, 0) is 145 Å². The number of ether oxygens (including phenoxy) is 1. The zero-order chi connectivity index (χ0) is 65.1. The predicted molar refractivity (Wildman–Crippen MR) is 355 cm³/mol. The van der Waals surface area contributed by atoms with Crippen LogP contribution in [0.5, 0.6) is 11.5 Å². The van der Waals surface area contributed by atoms with E-state index < -0.39 is 29.5 Å². The number of hydrogen-bond acceptors (Lipinski definition) is 4. The van der Waals surface area contributed by atoms with Crippen LogP contribution in [-0.4, -0.2) is 9.55 Å². The summed E-state index contributed by atoms with van der Waals surface area (Å²) in [7, 11) is 0. The van der Waals surface area contributed by atoms with Crippen molar-refractivity contribution in [2.75, 3.05) is 9.80 Å². The van der Waals surface area contributed by atoms with Crippen LogP contribution in [0.25, 0.3) is 83.3 Å². The van der Waals surface area contributed by atoms with Gasteiger partial charge in [0.2, 0.25) is 0 Å². The summed E-state index contributed by atoms with van der Waals surface area (Å²) >= 11 is 0. The van der Waals surface area contributed by atoms with E-state index in [1.54, 1.807) is 6.20 Å². The van der Waals surface area contributed by atoms with Gasteiger partial charge in [-0.25, -0.2) is 4.98 Å². The fourth-order valence-electron chi connectivity index (χ4n) is 12.5. The van der Waals surface area contributed by atoms with Gasteiger partial charge in [-0.1, -0.05) is 212 Å². The molecule has 5 nitrogen and oxygen atoms in total. The van der Waals surface area contributed by atoms with Crippen LogP contribution < -0.4 is 14.5 Å². The van der Waals surface area contributed by atoms with Crippen LogP contribution in [0.2, 0.25) is 0 Å². The fourth-order valence-corrected chi connectivity index (χ4v) is 12.5. The molecule has 1 aliphatic heterocycles. The molecular weight excluding hydrogens is 1230 g/mol. The van der Waals surface area contributed by atoms with Crippen molar-refractivity contribution in [1.29, 1.82) is 0 Å². The van der Waals surface area contributed by atoms with Gasteiger partial charge in [0.25, 0.3) is 0 Å². The third kappa shape index (κ3) is 10.3. The van der Waals surface area contributed by atoms with Crippen LogP contribution in [0.15, 0.2) is 231 Å². The summed E-state index contributed by atoms with van der Waals surface area (Å²) < 4.78 is 86.7. The molecule has 0 spiro atoms. The van der Waals surface area contributed by atoms with Crippen molar-refractivity contribution in [2.45, 2.75) is 85.4 Å². The van der Waals surface area contributed by atoms with E-state index in [0.29, 0.717) is 67.6 Å². The summed E-state index contributed by atoms with van der Waals surface area (Å²) in [6, 6.07) is 74.0. The van der Waals surface area contributed by atoms with Gasteiger partial charge >= 0.3 is 0 Å². The number of pyridine rings is 1. The Hall–Kier alpha value is -8.76. The van der Waals surface area contributed by atoms with E-state index in [4.69, 9.17) is 9.72 Å². The molecular formula is C80H69N4OPt-3. The average Bonchev–Trinajstić information content (AvgIpc) is 1.71. The molecule has 0 bridgehead atoms. The van der Waals surface area contributed by atoms with Crippen molar-refractivity contribution in [1.82, 2.24) is 9.55 Å². The molecule has 0 unspecified atom stereocenters. The largest absolute Gasteiger partial charge is 0.509 e. The van der Waals surface area contributed by atoms with E-state index in [1.807, 2.05) is 242 Å². The topological polar surface area (TPSA) is 33.5 Å². The number of anilines is 4. The van der Waals surface area contributed by atoms with Crippen molar-refractivity contribution < 1.29 is 36.8 Å². The number of benzene rings is 10. The Labute approximate surface area is 533 Å². The number of fused-ring (bicyclic) bond motifs is 5. The normalized spacial score (nSPS) is 15.9. The van der Waals surface area contributed by atoms with E-state index in [1.165, 1.54) is 0 Å². The summed E-state index contributed by atoms with van der Waals surface area (Å²) in [5, 5.41) is 1.89. The molecule has 0 radical (unpaired) electrons. The number of nitrogens with zero attached hydrogens (tertiary/aromatic N) is 4. The van der Waals surface area contributed by atoms with E-state index in [9.17, 15) is 11.0 Å². The maximum absolute atomic E-state index is 10.4. The molecule has 12 aromatic rings. The Kier molecular flexibility index (Phi) is 12.3. The van der Waals surface area contributed by atoms with Crippen LogP contribution in [0.1, 0.15) is 94.5 Å². The van der Waals surface area contributed by atoms with E-state index in [2.05, 4.69) is 45.9 Å². The molecule has 0 amide bonds. The van der Waals surface area contributed by atoms with E-state index in [0.717, 1.165) is 79.4 Å². The Morgan fingerprint density at radius 1 is 0.570 bits per heavy atom. The van der Waals surface area contributed by atoms with Gasteiger partial charge in [-0.3, -0.25) is 0 Å². The third-order valence-electron chi connectivity index (χ3n) is 16.8. The minimum Gasteiger partial charge on any atom is -0.509 e. The van der Waals surface area contributed by atoms with Crippen LogP contribution in [-0.2, 0) is 38.3 Å². The summed E-state index contributed by atoms with van der Waals surface area (Å²) in [6.45, 7) is 13.6. The molecule has 0 atom stereocenters. The maximum Gasteiger partial charge on any atom is 0.135 e. The van der Waals surface area contributed by atoms with Crippen LogP contribution in [0.3, 0.4) is 0 Å². The van der Waals surface area contributed by atoms with Crippen molar-refractivity contribution in [3.8, 4) is 73.0 Å². The van der Waals surface area contributed by atoms with Crippen molar-refractivity contribution in [3.05, 3.63) is 272 Å². The predicted octanol–water partition coefficient (Wildman–Crippen LogP) is 21.6. The van der Waals surface area contributed by atoms with Gasteiger partial charge in [0.15, 0.2) is 0 Å². The zero-order valence-corrected chi connectivity index (χ0v) is 51.5. The molecule has 2 aromatic heterocycles. The molecule has 428 valence electrons. The first-order valence-corrected chi connectivity index (χ1v) is 29.2. The quantitative estimate of drug-likeness (QED) is 0.121. The van der Waals surface area contributed by atoms with Crippen LogP contribution in [0, 0.1) is 31.1 Å². The second-order valence-corrected chi connectivity index (χ2v) is 24.8. The second-order valence-electron chi connectivity index (χ2n) is 24.8.